The predicted octanol–water partition coefficient (Wildman–Crippen LogP) is -0.557. The number of ether oxygens (including phenoxy) is 1. The molecule has 8 heteroatoms. The van der Waals surface area contributed by atoms with Crippen LogP contribution in [0.25, 0.3) is 0 Å². The fourth-order valence-electron chi connectivity index (χ4n) is 3.74. The first-order valence-corrected chi connectivity index (χ1v) is 8.23. The molecule has 1 aliphatic carbocycles. The molecule has 0 unspecified atom stereocenters. The highest BCUT2D eigenvalue weighted by molar-refractivity contribution is 5.93. The molecule has 1 aromatic rings. The van der Waals surface area contributed by atoms with Gasteiger partial charge in [-0.1, -0.05) is 0 Å². The molecule has 1 aliphatic heterocycles. The molecule has 2 aliphatic rings. The number of nitrogens with one attached hydrogen (secondary N) is 1. The zero-order valence-electron chi connectivity index (χ0n) is 13.7. The molecule has 2 heterocycles. The van der Waals surface area contributed by atoms with Gasteiger partial charge in [-0.15, -0.1) is 0 Å². The topological polar surface area (TPSA) is 116 Å². The van der Waals surface area contributed by atoms with Crippen molar-refractivity contribution in [1.82, 2.24) is 14.9 Å². The summed E-state index contributed by atoms with van der Waals surface area (Å²) in [5.74, 6) is 0.135. The van der Waals surface area contributed by atoms with E-state index < -0.39 is 11.7 Å². The minimum Gasteiger partial charge on any atom is -0.394 e. The number of aliphatic hydroxyl groups excluding tert-OH is 2. The summed E-state index contributed by atoms with van der Waals surface area (Å²) >= 11 is 0. The lowest BCUT2D eigenvalue weighted by Gasteiger charge is -2.56. The fraction of sp³-hybridized carbons (Fsp3) is 0.688. The Morgan fingerprint density at radius 1 is 1.50 bits per heavy atom. The molecule has 0 radical (unpaired) electrons. The molecule has 24 heavy (non-hydrogen) atoms. The van der Waals surface area contributed by atoms with E-state index in [0.29, 0.717) is 38.2 Å². The van der Waals surface area contributed by atoms with Crippen molar-refractivity contribution in [2.24, 2.45) is 5.41 Å². The van der Waals surface area contributed by atoms with E-state index in [1.165, 1.54) is 6.20 Å². The Balaban J connectivity index is 1.66. The molecule has 2 fully saturated rings. The smallest absolute Gasteiger partial charge is 0.263 e. The number of amides is 1. The number of carbonyl (C=O) groups excluding carboxylic acids is 1. The van der Waals surface area contributed by atoms with E-state index in [9.17, 15) is 14.7 Å². The molecule has 3 rings (SSSR count). The summed E-state index contributed by atoms with van der Waals surface area (Å²) in [6, 6.07) is 0. The van der Waals surface area contributed by atoms with Crippen molar-refractivity contribution in [2.45, 2.75) is 38.4 Å². The van der Waals surface area contributed by atoms with Crippen LogP contribution in [-0.2, 0) is 4.74 Å². The van der Waals surface area contributed by atoms with Gasteiger partial charge in [0.05, 0.1) is 25.4 Å². The number of rotatable bonds is 4. The molecular weight excluding hydrogens is 314 g/mol. The molecule has 1 spiro atoms. The number of aromatic nitrogens is 2. The molecule has 1 saturated carbocycles. The van der Waals surface area contributed by atoms with Gasteiger partial charge in [-0.25, -0.2) is 4.98 Å². The van der Waals surface area contributed by atoms with E-state index in [1.54, 1.807) is 11.8 Å². The summed E-state index contributed by atoms with van der Waals surface area (Å²) in [6.07, 6.45) is 2.59. The Morgan fingerprint density at radius 2 is 2.21 bits per heavy atom. The summed E-state index contributed by atoms with van der Waals surface area (Å²) in [5.41, 5.74) is -0.733. The zero-order chi connectivity index (χ0) is 17.3. The lowest BCUT2D eigenvalue weighted by molar-refractivity contribution is -0.211. The van der Waals surface area contributed by atoms with Crippen molar-refractivity contribution in [3.05, 3.63) is 27.9 Å². The Bertz CT molecular complexity index is 666. The quantitative estimate of drug-likeness (QED) is 0.678. The normalized spacial score (nSPS) is 25.5. The van der Waals surface area contributed by atoms with Crippen LogP contribution in [0.1, 0.15) is 35.4 Å². The fourth-order valence-corrected chi connectivity index (χ4v) is 3.74. The van der Waals surface area contributed by atoms with Crippen molar-refractivity contribution >= 4 is 5.91 Å². The number of piperidine rings is 1. The molecule has 1 saturated heterocycles. The maximum absolute atomic E-state index is 12.5. The first-order valence-electron chi connectivity index (χ1n) is 8.23. The molecule has 0 aromatic carbocycles. The average molecular weight is 337 g/mol. The number of nitrogens with zero attached hydrogens (tertiary/aromatic N) is 2. The Hall–Kier alpha value is -1.77. The van der Waals surface area contributed by atoms with Crippen LogP contribution in [-0.4, -0.2) is 69.5 Å². The molecule has 132 valence electrons. The lowest BCUT2D eigenvalue weighted by atomic mass is 9.58. The average Bonchev–Trinajstić information content (AvgIpc) is 2.58. The number of aryl methyl sites for hydroxylation is 1. The van der Waals surface area contributed by atoms with Gasteiger partial charge < -0.3 is 24.8 Å². The van der Waals surface area contributed by atoms with Crippen molar-refractivity contribution in [1.29, 1.82) is 0 Å². The molecule has 3 N–H and O–H groups in total. The van der Waals surface area contributed by atoms with E-state index in [2.05, 4.69) is 9.97 Å². The van der Waals surface area contributed by atoms with Gasteiger partial charge in [-0.3, -0.25) is 9.59 Å². The molecule has 1 aromatic heterocycles. The third kappa shape index (κ3) is 2.85. The van der Waals surface area contributed by atoms with Gasteiger partial charge in [0.1, 0.15) is 11.4 Å². The number of hydrogen-bond acceptors (Lipinski definition) is 6. The SMILES string of the molecule is Cc1ncc(C(=O)N2CCC3(CC2)[C@@H](O)C[C@H]3OCCO)c(=O)[nH]1. The largest absolute Gasteiger partial charge is 0.394 e. The van der Waals surface area contributed by atoms with Crippen molar-refractivity contribution in [2.75, 3.05) is 26.3 Å². The summed E-state index contributed by atoms with van der Waals surface area (Å²) in [6.45, 7) is 2.79. The van der Waals surface area contributed by atoms with Crippen LogP contribution in [0.3, 0.4) is 0 Å². The maximum Gasteiger partial charge on any atom is 0.263 e. The monoisotopic (exact) mass is 337 g/mol. The highest BCUT2D eigenvalue weighted by Gasteiger charge is 2.56. The third-order valence-electron chi connectivity index (χ3n) is 5.29. The zero-order valence-corrected chi connectivity index (χ0v) is 13.7. The van der Waals surface area contributed by atoms with Gasteiger partial charge in [0.2, 0.25) is 0 Å². The second-order valence-corrected chi connectivity index (χ2v) is 6.57. The first-order chi connectivity index (χ1) is 11.5. The van der Waals surface area contributed by atoms with Crippen LogP contribution >= 0.6 is 0 Å². The number of hydrogen-bond donors (Lipinski definition) is 3. The molecule has 8 nitrogen and oxygen atoms in total. The van der Waals surface area contributed by atoms with Crippen molar-refractivity contribution in [3.63, 3.8) is 0 Å². The summed E-state index contributed by atoms with van der Waals surface area (Å²) < 4.78 is 5.63. The van der Waals surface area contributed by atoms with Gasteiger partial charge in [0.15, 0.2) is 0 Å². The molecule has 2 atom stereocenters. The van der Waals surface area contributed by atoms with E-state index in [-0.39, 0.29) is 36.2 Å². The predicted molar refractivity (Wildman–Crippen MR) is 84.6 cm³/mol. The summed E-state index contributed by atoms with van der Waals surface area (Å²) in [4.78, 5) is 32.6. The Morgan fingerprint density at radius 3 is 2.79 bits per heavy atom. The minimum atomic E-state index is -0.442. The number of H-pyrrole nitrogens is 1. The second kappa shape index (κ2) is 6.62. The first kappa shape index (κ1) is 17.1. The Labute approximate surface area is 139 Å². The molecule has 1 amide bonds. The molecular formula is C16H23N3O5. The van der Waals surface area contributed by atoms with Gasteiger partial charge in [0.25, 0.3) is 11.5 Å². The van der Waals surface area contributed by atoms with Gasteiger partial charge in [-0.05, 0) is 19.8 Å². The number of likely N-dealkylation sites (tertiary alicyclic amines) is 1. The standard InChI is InChI=1S/C16H23N3O5/c1-10-17-9-11(14(22)18-10)15(23)19-4-2-16(3-5-19)12(21)8-13(16)24-7-6-20/h9,12-13,20-21H,2-8H2,1H3,(H,17,18,22)/t12-,13+/m0/s1. The van der Waals surface area contributed by atoms with Gasteiger partial charge in [0, 0.05) is 31.1 Å². The van der Waals surface area contributed by atoms with Crippen LogP contribution < -0.4 is 5.56 Å². The van der Waals surface area contributed by atoms with Gasteiger partial charge >= 0.3 is 0 Å². The van der Waals surface area contributed by atoms with Crippen molar-refractivity contribution < 1.29 is 19.7 Å². The van der Waals surface area contributed by atoms with E-state index in [4.69, 9.17) is 9.84 Å². The van der Waals surface area contributed by atoms with Gasteiger partial charge in [-0.2, -0.15) is 0 Å². The van der Waals surface area contributed by atoms with Crippen LogP contribution in [0, 0.1) is 12.3 Å². The summed E-state index contributed by atoms with van der Waals surface area (Å²) in [7, 11) is 0. The van der Waals surface area contributed by atoms with E-state index in [0.717, 1.165) is 0 Å². The van der Waals surface area contributed by atoms with E-state index in [1.807, 2.05) is 0 Å². The van der Waals surface area contributed by atoms with E-state index >= 15 is 0 Å². The number of aliphatic hydroxyl groups is 2. The number of aromatic amines is 1. The van der Waals surface area contributed by atoms with Crippen molar-refractivity contribution in [3.8, 4) is 0 Å². The Kier molecular flexibility index (Phi) is 4.71. The number of carbonyl (C=O) groups is 1. The molecule has 0 bridgehead atoms. The maximum atomic E-state index is 12.5. The van der Waals surface area contributed by atoms with Crippen LogP contribution in [0.4, 0.5) is 0 Å². The lowest BCUT2D eigenvalue weighted by Crippen LogP contribution is -2.63. The minimum absolute atomic E-state index is 0.0405. The van der Waals surface area contributed by atoms with Crippen LogP contribution in [0.2, 0.25) is 0 Å². The highest BCUT2D eigenvalue weighted by Crippen LogP contribution is 2.50. The summed E-state index contributed by atoms with van der Waals surface area (Å²) in [5, 5.41) is 19.1. The highest BCUT2D eigenvalue weighted by atomic mass is 16.5. The second-order valence-electron chi connectivity index (χ2n) is 6.57. The van der Waals surface area contributed by atoms with Crippen LogP contribution in [0.5, 0.6) is 0 Å². The third-order valence-corrected chi connectivity index (χ3v) is 5.29. The van der Waals surface area contributed by atoms with Crippen LogP contribution in [0.15, 0.2) is 11.0 Å².